The summed E-state index contributed by atoms with van der Waals surface area (Å²) in [7, 11) is 0. The van der Waals surface area contributed by atoms with Gasteiger partial charge in [-0.25, -0.2) is 9.37 Å². The fourth-order valence-electron chi connectivity index (χ4n) is 3.53. The Morgan fingerprint density at radius 1 is 1.24 bits per heavy atom. The van der Waals surface area contributed by atoms with E-state index in [0.717, 1.165) is 43.5 Å². The molecule has 2 aliphatic heterocycles. The van der Waals surface area contributed by atoms with Crippen LogP contribution in [0.25, 0.3) is 17.3 Å². The second kappa shape index (κ2) is 8.32. The van der Waals surface area contributed by atoms with Gasteiger partial charge in [-0.2, -0.15) is 0 Å². The van der Waals surface area contributed by atoms with Crippen LogP contribution in [0.1, 0.15) is 31.7 Å². The van der Waals surface area contributed by atoms with Gasteiger partial charge in [0.25, 0.3) is 11.1 Å². The highest BCUT2D eigenvalue weighted by Crippen LogP contribution is 2.29. The largest absolute Gasteiger partial charge is 0.355 e. The Morgan fingerprint density at radius 3 is 2.90 bits per heavy atom. The van der Waals surface area contributed by atoms with Crippen molar-refractivity contribution >= 4 is 34.8 Å². The van der Waals surface area contributed by atoms with Crippen LogP contribution in [0.4, 0.5) is 15.0 Å². The predicted octanol–water partition coefficient (Wildman–Crippen LogP) is 4.23. The van der Waals surface area contributed by atoms with E-state index in [-0.39, 0.29) is 4.91 Å². The molecule has 1 aromatic carbocycles. The van der Waals surface area contributed by atoms with Gasteiger partial charge in [-0.3, -0.25) is 19.9 Å². The van der Waals surface area contributed by atoms with Gasteiger partial charge >= 0.3 is 0 Å². The van der Waals surface area contributed by atoms with Crippen molar-refractivity contribution in [2.24, 2.45) is 5.92 Å². The number of imide groups is 1. The second-order valence-electron chi connectivity index (χ2n) is 7.38. The van der Waals surface area contributed by atoms with E-state index in [4.69, 9.17) is 0 Å². The molecular weight excluding hydrogens is 391 g/mol. The normalized spacial score (nSPS) is 21.4. The molecule has 0 spiro atoms. The van der Waals surface area contributed by atoms with Gasteiger partial charge in [0.05, 0.1) is 23.0 Å². The monoisotopic (exact) mass is 412 g/mol. The summed E-state index contributed by atoms with van der Waals surface area (Å²) < 4.78 is 14.6. The first kappa shape index (κ1) is 19.6. The minimum absolute atomic E-state index is 0.283. The zero-order chi connectivity index (χ0) is 20.4. The number of rotatable bonds is 3. The number of hydrogen-bond donors (Lipinski definition) is 1. The number of nitrogens with one attached hydrogen (secondary N) is 1. The van der Waals surface area contributed by atoms with Gasteiger partial charge in [0.15, 0.2) is 0 Å². The molecule has 2 aliphatic rings. The molecule has 0 bridgehead atoms. The van der Waals surface area contributed by atoms with E-state index in [1.54, 1.807) is 30.6 Å². The van der Waals surface area contributed by atoms with Crippen LogP contribution < -0.4 is 10.2 Å². The molecule has 8 heteroatoms. The van der Waals surface area contributed by atoms with Crippen molar-refractivity contribution in [3.05, 3.63) is 46.9 Å². The molecule has 1 N–H and O–H groups in total. The van der Waals surface area contributed by atoms with E-state index >= 15 is 0 Å². The number of carbonyl (C=O) groups is 2. The zero-order valence-corrected chi connectivity index (χ0v) is 16.8. The van der Waals surface area contributed by atoms with Crippen LogP contribution in [0.15, 0.2) is 35.5 Å². The Balaban J connectivity index is 1.64. The van der Waals surface area contributed by atoms with E-state index in [1.165, 1.54) is 12.5 Å². The molecular formula is C21H21FN4O2S. The third kappa shape index (κ3) is 4.48. The maximum Gasteiger partial charge on any atom is 0.290 e. The third-order valence-corrected chi connectivity index (χ3v) is 5.98. The van der Waals surface area contributed by atoms with E-state index < -0.39 is 17.0 Å². The van der Waals surface area contributed by atoms with Crippen molar-refractivity contribution in [2.45, 2.75) is 26.2 Å². The standard InChI is InChI=1S/C21H21FN4O2S/c1-13-3-2-7-26(8-6-13)19-12-23-11-17(24-19)15-9-14(4-5-16(15)22)10-18-20(27)25-21(28)29-18/h4-5,9-13H,2-3,6-8H2,1H3,(H,25,27,28). The van der Waals surface area contributed by atoms with Gasteiger partial charge in [-0.1, -0.05) is 13.0 Å². The Hall–Kier alpha value is -2.74. The first-order chi connectivity index (χ1) is 14.0. The first-order valence-corrected chi connectivity index (χ1v) is 10.4. The first-order valence-electron chi connectivity index (χ1n) is 9.61. The summed E-state index contributed by atoms with van der Waals surface area (Å²) >= 11 is 0.831. The Bertz CT molecular complexity index is 994. The number of thioether (sulfide) groups is 1. The van der Waals surface area contributed by atoms with Crippen LogP contribution >= 0.6 is 11.8 Å². The van der Waals surface area contributed by atoms with Crippen LogP contribution in [0.3, 0.4) is 0 Å². The minimum Gasteiger partial charge on any atom is -0.355 e. The SMILES string of the molecule is CC1CCCN(c2cncc(-c3cc(C=C4SC(=O)NC4=O)ccc3F)n2)CC1. The number of hydrogen-bond acceptors (Lipinski definition) is 6. The number of aromatic nitrogens is 2. The summed E-state index contributed by atoms with van der Waals surface area (Å²) in [6, 6.07) is 4.52. The summed E-state index contributed by atoms with van der Waals surface area (Å²) in [6.45, 7) is 4.09. The van der Waals surface area contributed by atoms with Gasteiger partial charge in [0.2, 0.25) is 0 Å². The van der Waals surface area contributed by atoms with E-state index in [2.05, 4.69) is 27.1 Å². The molecule has 2 saturated heterocycles. The molecule has 6 nitrogen and oxygen atoms in total. The quantitative estimate of drug-likeness (QED) is 0.761. The molecule has 1 unspecified atom stereocenters. The average Bonchev–Trinajstić information content (AvgIpc) is 2.89. The Kier molecular flexibility index (Phi) is 5.62. The summed E-state index contributed by atoms with van der Waals surface area (Å²) in [4.78, 5) is 34.5. The number of halogens is 1. The smallest absolute Gasteiger partial charge is 0.290 e. The molecule has 3 heterocycles. The lowest BCUT2D eigenvalue weighted by molar-refractivity contribution is -0.115. The van der Waals surface area contributed by atoms with Crippen molar-refractivity contribution in [2.75, 3.05) is 18.0 Å². The van der Waals surface area contributed by atoms with Gasteiger partial charge in [0, 0.05) is 18.7 Å². The number of anilines is 1. The molecule has 0 aliphatic carbocycles. The van der Waals surface area contributed by atoms with E-state index in [9.17, 15) is 14.0 Å². The maximum atomic E-state index is 14.6. The van der Waals surface area contributed by atoms with Gasteiger partial charge < -0.3 is 4.90 Å². The summed E-state index contributed by atoms with van der Waals surface area (Å²) in [6.07, 6.45) is 8.23. The minimum atomic E-state index is -0.442. The third-order valence-electron chi connectivity index (χ3n) is 5.17. The molecule has 150 valence electrons. The van der Waals surface area contributed by atoms with Crippen LogP contribution in [-0.4, -0.2) is 34.2 Å². The highest BCUT2D eigenvalue weighted by Gasteiger charge is 2.25. The molecule has 2 aromatic rings. The predicted molar refractivity (Wildman–Crippen MR) is 112 cm³/mol. The molecule has 1 atom stereocenters. The molecule has 4 rings (SSSR count). The molecule has 1 aromatic heterocycles. The van der Waals surface area contributed by atoms with Crippen molar-refractivity contribution in [3.8, 4) is 11.3 Å². The van der Waals surface area contributed by atoms with Crippen molar-refractivity contribution in [1.82, 2.24) is 15.3 Å². The number of amides is 2. The summed E-state index contributed by atoms with van der Waals surface area (Å²) in [5.41, 5.74) is 1.37. The number of benzene rings is 1. The van der Waals surface area contributed by atoms with Crippen molar-refractivity contribution < 1.29 is 14.0 Å². The van der Waals surface area contributed by atoms with E-state index in [1.807, 2.05) is 0 Å². The topological polar surface area (TPSA) is 75.2 Å². The van der Waals surface area contributed by atoms with Crippen LogP contribution in [0.5, 0.6) is 0 Å². The van der Waals surface area contributed by atoms with Crippen molar-refractivity contribution in [1.29, 1.82) is 0 Å². The lowest BCUT2D eigenvalue weighted by Gasteiger charge is -2.21. The fourth-order valence-corrected chi connectivity index (χ4v) is 4.21. The number of nitrogens with zero attached hydrogens (tertiary/aromatic N) is 3. The molecule has 29 heavy (non-hydrogen) atoms. The van der Waals surface area contributed by atoms with Crippen LogP contribution in [0.2, 0.25) is 0 Å². The lowest BCUT2D eigenvalue weighted by atomic mass is 10.0. The number of carbonyl (C=O) groups excluding carboxylic acids is 2. The second-order valence-corrected chi connectivity index (χ2v) is 8.39. The van der Waals surface area contributed by atoms with Crippen LogP contribution in [0, 0.1) is 11.7 Å². The Morgan fingerprint density at radius 2 is 2.10 bits per heavy atom. The maximum absolute atomic E-state index is 14.6. The average molecular weight is 412 g/mol. The Labute approximate surface area is 172 Å². The summed E-state index contributed by atoms with van der Waals surface area (Å²) in [5, 5.41) is 1.80. The fraction of sp³-hybridized carbons (Fsp3) is 0.333. The van der Waals surface area contributed by atoms with Gasteiger partial charge in [0.1, 0.15) is 11.6 Å². The lowest BCUT2D eigenvalue weighted by Crippen LogP contribution is -2.25. The molecule has 2 fully saturated rings. The summed E-state index contributed by atoms with van der Waals surface area (Å²) in [5.74, 6) is 0.581. The molecule has 2 amide bonds. The van der Waals surface area contributed by atoms with Gasteiger partial charge in [-0.15, -0.1) is 0 Å². The van der Waals surface area contributed by atoms with Gasteiger partial charge in [-0.05, 0) is 60.7 Å². The van der Waals surface area contributed by atoms with E-state index in [0.29, 0.717) is 22.7 Å². The molecule has 0 saturated carbocycles. The zero-order valence-electron chi connectivity index (χ0n) is 16.0. The van der Waals surface area contributed by atoms with Crippen molar-refractivity contribution in [3.63, 3.8) is 0 Å². The highest BCUT2D eigenvalue weighted by molar-refractivity contribution is 8.18. The molecule has 0 radical (unpaired) electrons. The van der Waals surface area contributed by atoms with Crippen LogP contribution in [-0.2, 0) is 4.79 Å². The highest BCUT2D eigenvalue weighted by atomic mass is 32.2.